The Morgan fingerprint density at radius 2 is 1.77 bits per heavy atom. The molecule has 1 aromatic heterocycles. The molecule has 0 fully saturated rings. The van der Waals surface area contributed by atoms with Crippen molar-refractivity contribution >= 4 is 22.9 Å². The molecular weight excluding hydrogens is 374 g/mol. The minimum atomic E-state index is -0.387. The van der Waals surface area contributed by atoms with E-state index < -0.39 is 0 Å². The van der Waals surface area contributed by atoms with Gasteiger partial charge in [-0.1, -0.05) is 71.9 Å². The summed E-state index contributed by atoms with van der Waals surface area (Å²) in [4.78, 5) is 12.4. The van der Waals surface area contributed by atoms with Crippen LogP contribution in [0.25, 0.3) is 28.3 Å². The van der Waals surface area contributed by atoms with E-state index in [2.05, 4.69) is 10.5 Å². The second kappa shape index (κ2) is 8.89. The molecule has 0 bridgehead atoms. The van der Waals surface area contributed by atoms with Crippen LogP contribution in [-0.4, -0.2) is 17.6 Å². The van der Waals surface area contributed by atoms with Crippen molar-refractivity contribution in [2.24, 2.45) is 0 Å². The zero-order chi connectivity index (χ0) is 20.8. The first-order chi connectivity index (χ1) is 14.7. The van der Waals surface area contributed by atoms with Crippen LogP contribution in [0.5, 0.6) is 0 Å². The summed E-state index contributed by atoms with van der Waals surface area (Å²) in [7, 11) is 0. The van der Waals surface area contributed by atoms with Gasteiger partial charge >= 0.3 is 0 Å². The van der Waals surface area contributed by atoms with Crippen molar-refractivity contribution in [3.63, 3.8) is 0 Å². The number of amides is 1. The van der Waals surface area contributed by atoms with Gasteiger partial charge in [-0.25, -0.2) is 0 Å². The van der Waals surface area contributed by atoms with Crippen LogP contribution < -0.4 is 5.32 Å². The lowest BCUT2D eigenvalue weighted by Crippen LogP contribution is -2.26. The first kappa shape index (κ1) is 19.2. The van der Waals surface area contributed by atoms with Crippen LogP contribution in [0, 0.1) is 11.3 Å². The maximum Gasteiger partial charge on any atom is 0.261 e. The molecule has 0 saturated carbocycles. The van der Waals surface area contributed by atoms with Gasteiger partial charge in [0.1, 0.15) is 17.2 Å². The number of hydrogen-bond donors (Lipinski definition) is 1. The van der Waals surface area contributed by atoms with Gasteiger partial charge in [-0.3, -0.25) is 4.79 Å². The molecule has 30 heavy (non-hydrogen) atoms. The minimum Gasteiger partial charge on any atom is -0.355 e. The number of carbonyl (C=O) groups is 1. The number of nitriles is 1. The van der Waals surface area contributed by atoms with E-state index in [1.165, 1.54) is 0 Å². The van der Waals surface area contributed by atoms with E-state index in [0.717, 1.165) is 27.6 Å². The molecule has 1 amide bonds. The zero-order valence-electron chi connectivity index (χ0n) is 16.2. The lowest BCUT2D eigenvalue weighted by molar-refractivity contribution is -0.117. The van der Waals surface area contributed by atoms with Crippen molar-refractivity contribution < 1.29 is 9.32 Å². The molecule has 3 aromatic carbocycles. The van der Waals surface area contributed by atoms with Gasteiger partial charge in [-0.05, 0) is 35.8 Å². The summed E-state index contributed by atoms with van der Waals surface area (Å²) >= 11 is 0. The summed E-state index contributed by atoms with van der Waals surface area (Å²) < 4.78 is 5.52. The number of carbonyl (C=O) groups excluding carboxylic acids is 1. The van der Waals surface area contributed by atoms with Gasteiger partial charge in [0.15, 0.2) is 5.76 Å². The molecule has 0 aliphatic rings. The number of rotatable bonds is 6. The Morgan fingerprint density at radius 1 is 1.03 bits per heavy atom. The summed E-state index contributed by atoms with van der Waals surface area (Å²) in [6.45, 7) is 0.463. The zero-order valence-corrected chi connectivity index (χ0v) is 16.2. The van der Waals surface area contributed by atoms with Crippen molar-refractivity contribution in [1.29, 1.82) is 5.26 Å². The molecule has 0 radical (unpaired) electrons. The lowest BCUT2D eigenvalue weighted by atomic mass is 10.0. The Balaban J connectivity index is 1.53. The molecule has 0 spiro atoms. The highest BCUT2D eigenvalue weighted by Crippen LogP contribution is 2.29. The molecule has 1 N–H and O–H groups in total. The molecule has 0 aliphatic heterocycles. The molecule has 5 nitrogen and oxygen atoms in total. The number of aromatic nitrogens is 1. The molecule has 146 valence electrons. The number of hydrogen-bond acceptors (Lipinski definition) is 4. The summed E-state index contributed by atoms with van der Waals surface area (Å²) in [6.07, 6.45) is 2.29. The van der Waals surface area contributed by atoms with Crippen molar-refractivity contribution in [3.8, 4) is 17.4 Å². The van der Waals surface area contributed by atoms with Gasteiger partial charge in [0.2, 0.25) is 0 Å². The highest BCUT2D eigenvalue weighted by Gasteiger charge is 2.12. The first-order valence-electron chi connectivity index (χ1n) is 9.63. The van der Waals surface area contributed by atoms with Gasteiger partial charge in [-0.15, -0.1) is 0 Å². The maximum absolute atomic E-state index is 12.4. The largest absolute Gasteiger partial charge is 0.355 e. The average molecular weight is 393 g/mol. The third kappa shape index (κ3) is 4.29. The van der Waals surface area contributed by atoms with Gasteiger partial charge in [-0.2, -0.15) is 5.26 Å². The lowest BCUT2D eigenvalue weighted by Gasteiger charge is -2.05. The van der Waals surface area contributed by atoms with E-state index in [1.54, 1.807) is 6.08 Å². The average Bonchev–Trinajstić information content (AvgIpc) is 3.22. The standard InChI is InChI=1S/C25H19N3O2/c26-17-21(25(29)27-14-13-18-7-3-1-4-8-18)15-19-11-12-23-22(16-19)24(30-28-23)20-9-5-2-6-10-20/h1-12,15-16H,13-14H2,(H,27,29)/b21-15+. The Hall–Kier alpha value is -4.17. The molecule has 0 atom stereocenters. The minimum absolute atomic E-state index is 0.0557. The smallest absolute Gasteiger partial charge is 0.261 e. The van der Waals surface area contributed by atoms with Crippen molar-refractivity contribution in [2.45, 2.75) is 6.42 Å². The maximum atomic E-state index is 12.4. The third-order valence-electron chi connectivity index (χ3n) is 4.75. The molecule has 0 unspecified atom stereocenters. The van der Waals surface area contributed by atoms with Gasteiger partial charge in [0.05, 0.1) is 5.39 Å². The topological polar surface area (TPSA) is 78.9 Å². The second-order valence-corrected chi connectivity index (χ2v) is 6.82. The molecule has 4 aromatic rings. The van der Waals surface area contributed by atoms with E-state index >= 15 is 0 Å². The fraction of sp³-hybridized carbons (Fsp3) is 0.0800. The third-order valence-corrected chi connectivity index (χ3v) is 4.75. The van der Waals surface area contributed by atoms with Crippen LogP contribution in [-0.2, 0) is 11.2 Å². The fourth-order valence-electron chi connectivity index (χ4n) is 3.22. The Labute approximate surface area is 174 Å². The summed E-state index contributed by atoms with van der Waals surface area (Å²) in [5.74, 6) is 0.272. The van der Waals surface area contributed by atoms with Crippen LogP contribution >= 0.6 is 0 Å². The molecule has 5 heteroatoms. The van der Waals surface area contributed by atoms with E-state index in [1.807, 2.05) is 84.9 Å². The first-order valence-corrected chi connectivity index (χ1v) is 9.63. The van der Waals surface area contributed by atoms with Gasteiger partial charge in [0.25, 0.3) is 5.91 Å². The van der Waals surface area contributed by atoms with Gasteiger partial charge < -0.3 is 9.84 Å². The van der Waals surface area contributed by atoms with Crippen molar-refractivity contribution in [1.82, 2.24) is 10.5 Å². The van der Waals surface area contributed by atoms with Crippen LogP contribution in [0.2, 0.25) is 0 Å². The van der Waals surface area contributed by atoms with Crippen molar-refractivity contribution in [3.05, 3.63) is 95.6 Å². The highest BCUT2D eigenvalue weighted by atomic mass is 16.5. The van der Waals surface area contributed by atoms with Crippen LogP contribution in [0.3, 0.4) is 0 Å². The number of fused-ring (bicyclic) bond motifs is 1. The quantitative estimate of drug-likeness (QED) is 0.378. The predicted molar refractivity (Wildman–Crippen MR) is 116 cm³/mol. The summed E-state index contributed by atoms with van der Waals surface area (Å²) in [5.41, 5.74) is 3.56. The molecule has 0 aliphatic carbocycles. The normalized spacial score (nSPS) is 11.2. The van der Waals surface area contributed by atoms with Gasteiger partial charge in [0, 0.05) is 12.1 Å². The number of nitrogens with one attached hydrogen (secondary N) is 1. The SMILES string of the molecule is N#C/C(=C\c1ccc2noc(-c3ccccc3)c2c1)C(=O)NCCc1ccccc1. The summed E-state index contributed by atoms with van der Waals surface area (Å²) in [5, 5.41) is 17.2. The molecule has 1 heterocycles. The molecule has 4 rings (SSSR count). The van der Waals surface area contributed by atoms with E-state index in [0.29, 0.717) is 18.7 Å². The van der Waals surface area contributed by atoms with E-state index in [-0.39, 0.29) is 11.5 Å². The predicted octanol–water partition coefficient (Wildman–Crippen LogP) is 4.76. The Kier molecular flexibility index (Phi) is 5.68. The monoisotopic (exact) mass is 393 g/mol. The second-order valence-electron chi connectivity index (χ2n) is 6.82. The Morgan fingerprint density at radius 3 is 2.50 bits per heavy atom. The number of nitrogens with zero attached hydrogens (tertiary/aromatic N) is 2. The van der Waals surface area contributed by atoms with Crippen LogP contribution in [0.4, 0.5) is 0 Å². The van der Waals surface area contributed by atoms with Crippen LogP contribution in [0.15, 0.2) is 89.0 Å². The van der Waals surface area contributed by atoms with Crippen molar-refractivity contribution in [2.75, 3.05) is 6.54 Å². The van der Waals surface area contributed by atoms with Crippen LogP contribution in [0.1, 0.15) is 11.1 Å². The molecule has 0 saturated heterocycles. The number of benzene rings is 3. The van der Waals surface area contributed by atoms with E-state index in [4.69, 9.17) is 4.52 Å². The molecular formula is C25H19N3O2. The summed E-state index contributed by atoms with van der Waals surface area (Å²) in [6, 6.07) is 27.1. The van der Waals surface area contributed by atoms with E-state index in [9.17, 15) is 10.1 Å². The highest BCUT2D eigenvalue weighted by molar-refractivity contribution is 6.02. The fourth-order valence-corrected chi connectivity index (χ4v) is 3.22. The Bertz CT molecular complexity index is 1240.